The molecule has 0 unspecified atom stereocenters. The van der Waals surface area contributed by atoms with Crippen molar-refractivity contribution in [1.29, 1.82) is 0 Å². The number of benzene rings is 3. The Bertz CT molecular complexity index is 1930. The number of carbonyl (C=O) groups excluding carboxylic acids is 1. The van der Waals surface area contributed by atoms with Crippen molar-refractivity contribution in [2.75, 3.05) is 13.7 Å². The molecule has 0 radical (unpaired) electrons. The molecule has 226 valence electrons. The SMILES string of the molecule is CCOc1cc(/C=c2/sc3n(c2=O)[C@@H](c2ccccc2)C(C(=O)OC)=C(CC)N=3)cc(I)c1OCc1ccc([N+](=O)[O-])cc1. The molecule has 12 heteroatoms. The molecule has 0 fully saturated rings. The first-order valence-corrected chi connectivity index (χ1v) is 15.7. The van der Waals surface area contributed by atoms with E-state index in [2.05, 4.69) is 22.6 Å². The van der Waals surface area contributed by atoms with Gasteiger partial charge in [0.1, 0.15) is 6.61 Å². The Morgan fingerprint density at radius 1 is 1.11 bits per heavy atom. The molecule has 0 aliphatic carbocycles. The smallest absolute Gasteiger partial charge is 0.338 e. The number of carbonyl (C=O) groups is 1. The Morgan fingerprint density at radius 3 is 2.48 bits per heavy atom. The molecule has 3 aromatic carbocycles. The minimum absolute atomic E-state index is 0.00972. The van der Waals surface area contributed by atoms with Crippen LogP contribution in [0.2, 0.25) is 0 Å². The molecule has 10 nitrogen and oxygen atoms in total. The van der Waals surface area contributed by atoms with Gasteiger partial charge in [0.05, 0.1) is 44.1 Å². The summed E-state index contributed by atoms with van der Waals surface area (Å²) in [5, 5.41) is 11.0. The van der Waals surface area contributed by atoms with E-state index in [1.54, 1.807) is 28.8 Å². The number of methoxy groups -OCH3 is 1. The molecule has 1 aliphatic heterocycles. The van der Waals surface area contributed by atoms with Crippen molar-refractivity contribution < 1.29 is 23.9 Å². The maximum Gasteiger partial charge on any atom is 0.338 e. The number of nitro benzene ring substituents is 1. The van der Waals surface area contributed by atoms with E-state index < -0.39 is 16.9 Å². The molecule has 0 N–H and O–H groups in total. The highest BCUT2D eigenvalue weighted by molar-refractivity contribution is 14.1. The lowest BCUT2D eigenvalue weighted by atomic mass is 9.95. The van der Waals surface area contributed by atoms with Crippen molar-refractivity contribution in [3.63, 3.8) is 0 Å². The predicted octanol–water partition coefficient (Wildman–Crippen LogP) is 5.29. The third-order valence-electron chi connectivity index (χ3n) is 6.93. The van der Waals surface area contributed by atoms with E-state index in [9.17, 15) is 19.7 Å². The van der Waals surface area contributed by atoms with Gasteiger partial charge in [0.15, 0.2) is 16.3 Å². The monoisotopic (exact) mass is 725 g/mol. The minimum atomic E-state index is -0.675. The molecule has 0 saturated heterocycles. The number of nitro groups is 1. The molecule has 0 bridgehead atoms. The number of hydrogen-bond donors (Lipinski definition) is 0. The average Bonchev–Trinajstić information content (AvgIpc) is 3.34. The number of hydrogen-bond acceptors (Lipinski definition) is 9. The number of non-ortho nitro benzene ring substituents is 1. The quantitative estimate of drug-likeness (QED) is 0.0943. The molecule has 0 saturated carbocycles. The summed E-state index contributed by atoms with van der Waals surface area (Å²) in [4.78, 5) is 42.7. The summed E-state index contributed by atoms with van der Waals surface area (Å²) in [6.45, 7) is 4.36. The maximum atomic E-state index is 13.9. The molecule has 0 spiro atoms. The average molecular weight is 726 g/mol. The highest BCUT2D eigenvalue weighted by atomic mass is 127. The molecular weight excluding hydrogens is 697 g/mol. The number of allylic oxidation sites excluding steroid dienone is 1. The summed E-state index contributed by atoms with van der Waals surface area (Å²) < 4.78 is 19.9. The molecule has 1 aromatic heterocycles. The summed E-state index contributed by atoms with van der Waals surface area (Å²) >= 11 is 3.41. The zero-order valence-corrected chi connectivity index (χ0v) is 27.1. The zero-order valence-electron chi connectivity index (χ0n) is 24.1. The molecular formula is C32H28IN3O7S. The van der Waals surface area contributed by atoms with Crippen molar-refractivity contribution in [2.45, 2.75) is 32.9 Å². The van der Waals surface area contributed by atoms with E-state index in [0.29, 0.717) is 45.1 Å². The Balaban J connectivity index is 1.56. The van der Waals surface area contributed by atoms with Gasteiger partial charge in [0, 0.05) is 12.1 Å². The van der Waals surface area contributed by atoms with Gasteiger partial charge in [-0.1, -0.05) is 48.6 Å². The molecule has 5 rings (SSSR count). The van der Waals surface area contributed by atoms with Crippen LogP contribution in [0, 0.1) is 13.7 Å². The van der Waals surface area contributed by atoms with Crippen LogP contribution in [0.25, 0.3) is 6.08 Å². The van der Waals surface area contributed by atoms with Crippen molar-refractivity contribution in [3.05, 3.63) is 128 Å². The van der Waals surface area contributed by atoms with Gasteiger partial charge in [-0.15, -0.1) is 0 Å². The lowest BCUT2D eigenvalue weighted by molar-refractivity contribution is -0.384. The van der Waals surface area contributed by atoms with Crippen molar-refractivity contribution in [1.82, 2.24) is 4.57 Å². The number of halogens is 1. The summed E-state index contributed by atoms with van der Waals surface area (Å²) in [5.41, 5.74) is 2.95. The number of nitrogens with zero attached hydrogens (tertiary/aromatic N) is 3. The fourth-order valence-electron chi connectivity index (χ4n) is 4.91. The number of esters is 1. The fourth-order valence-corrected chi connectivity index (χ4v) is 6.71. The van der Waals surface area contributed by atoms with Gasteiger partial charge >= 0.3 is 5.97 Å². The van der Waals surface area contributed by atoms with E-state index in [1.165, 1.54) is 30.6 Å². The lowest BCUT2D eigenvalue weighted by Crippen LogP contribution is -2.40. The van der Waals surface area contributed by atoms with E-state index in [4.69, 9.17) is 19.2 Å². The second-order valence-corrected chi connectivity index (χ2v) is 11.8. The summed E-state index contributed by atoms with van der Waals surface area (Å²) in [6, 6.07) is 18.6. The first kappa shape index (κ1) is 31.1. The largest absolute Gasteiger partial charge is 0.490 e. The zero-order chi connectivity index (χ0) is 31.4. The van der Waals surface area contributed by atoms with Gasteiger partial charge in [-0.25, -0.2) is 9.79 Å². The predicted molar refractivity (Wildman–Crippen MR) is 175 cm³/mol. The van der Waals surface area contributed by atoms with Crippen LogP contribution in [0.3, 0.4) is 0 Å². The van der Waals surface area contributed by atoms with E-state index in [-0.39, 0.29) is 17.9 Å². The lowest BCUT2D eigenvalue weighted by Gasteiger charge is -2.25. The number of ether oxygens (including phenoxy) is 3. The van der Waals surface area contributed by atoms with Gasteiger partial charge in [-0.05, 0) is 83.0 Å². The normalized spacial score (nSPS) is 14.5. The first-order chi connectivity index (χ1) is 21.2. The van der Waals surface area contributed by atoms with Gasteiger partial charge in [-0.3, -0.25) is 19.5 Å². The summed E-state index contributed by atoms with van der Waals surface area (Å²) in [5.74, 6) is 0.515. The highest BCUT2D eigenvalue weighted by Gasteiger charge is 2.33. The molecule has 4 aromatic rings. The van der Waals surface area contributed by atoms with Crippen LogP contribution >= 0.6 is 33.9 Å². The second-order valence-electron chi connectivity index (χ2n) is 9.67. The minimum Gasteiger partial charge on any atom is -0.490 e. The number of fused-ring (bicyclic) bond motifs is 1. The molecule has 44 heavy (non-hydrogen) atoms. The Hall–Kier alpha value is -4.30. The van der Waals surface area contributed by atoms with Crippen LogP contribution in [-0.2, 0) is 16.1 Å². The van der Waals surface area contributed by atoms with Crippen LogP contribution in [0.5, 0.6) is 11.5 Å². The van der Waals surface area contributed by atoms with Gasteiger partial charge in [0.2, 0.25) is 0 Å². The maximum absolute atomic E-state index is 13.9. The second kappa shape index (κ2) is 13.6. The molecule has 0 amide bonds. The van der Waals surface area contributed by atoms with Crippen LogP contribution in [0.1, 0.15) is 43.0 Å². The third-order valence-corrected chi connectivity index (χ3v) is 8.71. The van der Waals surface area contributed by atoms with Gasteiger partial charge in [-0.2, -0.15) is 0 Å². The number of rotatable bonds is 10. The van der Waals surface area contributed by atoms with Gasteiger partial charge in [0.25, 0.3) is 11.2 Å². The highest BCUT2D eigenvalue weighted by Crippen LogP contribution is 2.36. The Labute approximate surface area is 270 Å². The first-order valence-electron chi connectivity index (χ1n) is 13.8. The van der Waals surface area contributed by atoms with Crippen molar-refractivity contribution in [2.24, 2.45) is 4.99 Å². The van der Waals surface area contributed by atoms with E-state index in [0.717, 1.165) is 20.3 Å². The van der Waals surface area contributed by atoms with Crippen LogP contribution in [0.4, 0.5) is 5.69 Å². The Morgan fingerprint density at radius 2 is 1.84 bits per heavy atom. The number of thiazole rings is 1. The van der Waals surface area contributed by atoms with Crippen molar-refractivity contribution in [3.8, 4) is 11.5 Å². The van der Waals surface area contributed by atoms with E-state index >= 15 is 0 Å². The van der Waals surface area contributed by atoms with E-state index in [1.807, 2.05) is 50.2 Å². The van der Waals surface area contributed by atoms with Crippen molar-refractivity contribution >= 4 is 51.7 Å². The van der Waals surface area contributed by atoms with Crippen LogP contribution in [0.15, 0.2) is 87.8 Å². The molecule has 2 heterocycles. The third kappa shape index (κ3) is 6.31. The number of aromatic nitrogens is 1. The Kier molecular flexibility index (Phi) is 9.59. The summed E-state index contributed by atoms with van der Waals surface area (Å²) in [7, 11) is 1.33. The standard InChI is InChI=1S/C32H28IN3O7S/c1-4-24-27(31(38)41-3)28(21-9-7-6-8-10-21)35-30(37)26(44-32(35)34-24)17-20-15-23(33)29(25(16-20)42-5-2)43-18-19-11-13-22(14-12-19)36(39)40/h6-17,28H,4-5,18H2,1-3H3/b26-17+/t28-/m0/s1. The molecule has 1 aliphatic rings. The molecule has 1 atom stereocenters. The van der Waals surface area contributed by atoms with Gasteiger partial charge < -0.3 is 14.2 Å². The topological polar surface area (TPSA) is 122 Å². The summed E-state index contributed by atoms with van der Waals surface area (Å²) in [6.07, 6.45) is 2.28. The fraction of sp³-hybridized carbons (Fsp3) is 0.219. The van der Waals surface area contributed by atoms with Crippen LogP contribution in [-0.4, -0.2) is 29.2 Å². The van der Waals surface area contributed by atoms with Crippen LogP contribution < -0.4 is 24.4 Å².